The lowest BCUT2D eigenvalue weighted by atomic mass is 10.2. The smallest absolute Gasteiger partial charge is 0.247 e. The molecule has 0 spiro atoms. The molecule has 9 heteroatoms. The van der Waals surface area contributed by atoms with Crippen LogP contribution in [-0.2, 0) is 0 Å². The zero-order chi connectivity index (χ0) is 18.1. The van der Waals surface area contributed by atoms with Gasteiger partial charge in [-0.2, -0.15) is 14.6 Å². The Morgan fingerprint density at radius 3 is 2.85 bits per heavy atom. The Morgan fingerprint density at radius 1 is 1.27 bits per heavy atom. The minimum Gasteiger partial charge on any atom is -0.485 e. The van der Waals surface area contributed by atoms with Crippen molar-refractivity contribution in [3.8, 4) is 17.0 Å². The third-order valence-corrected chi connectivity index (χ3v) is 3.59. The van der Waals surface area contributed by atoms with Crippen LogP contribution in [0.3, 0.4) is 0 Å². The minimum atomic E-state index is -0.387. The van der Waals surface area contributed by atoms with Crippen molar-refractivity contribution in [3.05, 3.63) is 48.8 Å². The van der Waals surface area contributed by atoms with Crippen molar-refractivity contribution in [3.63, 3.8) is 0 Å². The van der Waals surface area contributed by atoms with Gasteiger partial charge < -0.3 is 10.1 Å². The second-order valence-electron chi connectivity index (χ2n) is 5.88. The van der Waals surface area contributed by atoms with E-state index in [4.69, 9.17) is 4.74 Å². The lowest BCUT2D eigenvalue weighted by Gasteiger charge is -2.12. The number of hydrogen-bond donors (Lipinski definition) is 2. The first-order valence-corrected chi connectivity index (χ1v) is 8.04. The molecular formula is C17H16FN7O. The molecule has 0 aliphatic heterocycles. The molecule has 0 aliphatic carbocycles. The molecule has 3 aromatic heterocycles. The van der Waals surface area contributed by atoms with Gasteiger partial charge in [0.1, 0.15) is 17.8 Å². The third kappa shape index (κ3) is 2.94. The van der Waals surface area contributed by atoms with Crippen molar-refractivity contribution in [2.45, 2.75) is 20.0 Å². The second kappa shape index (κ2) is 6.43. The molecule has 0 saturated carbocycles. The summed E-state index contributed by atoms with van der Waals surface area (Å²) in [5.74, 6) is 0.343. The van der Waals surface area contributed by atoms with Crippen molar-refractivity contribution >= 4 is 17.3 Å². The van der Waals surface area contributed by atoms with Crippen LogP contribution < -0.4 is 10.1 Å². The van der Waals surface area contributed by atoms with E-state index in [0.717, 1.165) is 5.56 Å². The van der Waals surface area contributed by atoms with E-state index in [2.05, 4.69) is 30.6 Å². The van der Waals surface area contributed by atoms with Gasteiger partial charge in [-0.1, -0.05) is 12.1 Å². The molecule has 0 saturated heterocycles. The maximum absolute atomic E-state index is 13.9. The zero-order valence-corrected chi connectivity index (χ0v) is 14.1. The Morgan fingerprint density at radius 2 is 2.12 bits per heavy atom. The number of nitrogens with one attached hydrogen (secondary N) is 2. The fraction of sp³-hybridized carbons (Fsp3) is 0.176. The van der Waals surface area contributed by atoms with Gasteiger partial charge in [-0.25, -0.2) is 9.37 Å². The lowest BCUT2D eigenvalue weighted by molar-refractivity contribution is 0.244. The number of nitrogens with zero attached hydrogens (tertiary/aromatic N) is 5. The second-order valence-corrected chi connectivity index (χ2v) is 5.88. The van der Waals surface area contributed by atoms with Crippen LogP contribution >= 0.6 is 0 Å². The summed E-state index contributed by atoms with van der Waals surface area (Å²) < 4.78 is 21.3. The number of rotatable bonds is 5. The van der Waals surface area contributed by atoms with Crippen LogP contribution in [0.2, 0.25) is 0 Å². The van der Waals surface area contributed by atoms with Gasteiger partial charge in [0.2, 0.25) is 11.6 Å². The topological polar surface area (TPSA) is 93.0 Å². The van der Waals surface area contributed by atoms with Gasteiger partial charge in [-0.05, 0) is 26.0 Å². The Balaban J connectivity index is 1.81. The van der Waals surface area contributed by atoms with E-state index in [1.165, 1.54) is 16.9 Å². The van der Waals surface area contributed by atoms with E-state index >= 15 is 0 Å². The molecular weight excluding hydrogens is 337 g/mol. The number of benzene rings is 1. The van der Waals surface area contributed by atoms with Crippen LogP contribution in [0.5, 0.6) is 5.75 Å². The van der Waals surface area contributed by atoms with Crippen LogP contribution in [0.15, 0.2) is 43.0 Å². The predicted octanol–water partition coefficient (Wildman–Crippen LogP) is 3.18. The van der Waals surface area contributed by atoms with Gasteiger partial charge in [-0.3, -0.25) is 5.10 Å². The Kier molecular flexibility index (Phi) is 3.96. The highest BCUT2D eigenvalue weighted by molar-refractivity contribution is 5.74. The van der Waals surface area contributed by atoms with Gasteiger partial charge >= 0.3 is 0 Å². The summed E-state index contributed by atoms with van der Waals surface area (Å²) in [5, 5.41) is 13.9. The van der Waals surface area contributed by atoms with E-state index in [0.29, 0.717) is 17.1 Å². The average Bonchev–Trinajstić information content (AvgIpc) is 3.26. The number of aromatic amines is 1. The quantitative estimate of drug-likeness (QED) is 0.572. The molecule has 0 amide bonds. The van der Waals surface area contributed by atoms with Gasteiger partial charge in [0.05, 0.1) is 18.0 Å². The Hall–Kier alpha value is -3.49. The van der Waals surface area contributed by atoms with Gasteiger partial charge in [0.15, 0.2) is 5.75 Å². The van der Waals surface area contributed by atoms with Crippen molar-refractivity contribution in [2.75, 3.05) is 5.32 Å². The Bertz CT molecular complexity index is 1040. The predicted molar refractivity (Wildman–Crippen MR) is 93.8 cm³/mol. The fourth-order valence-corrected chi connectivity index (χ4v) is 2.50. The van der Waals surface area contributed by atoms with Crippen molar-refractivity contribution in [1.82, 2.24) is 29.8 Å². The Labute approximate surface area is 148 Å². The molecule has 4 rings (SSSR count). The van der Waals surface area contributed by atoms with Crippen LogP contribution in [0.4, 0.5) is 16.0 Å². The summed E-state index contributed by atoms with van der Waals surface area (Å²) in [7, 11) is 0. The minimum absolute atomic E-state index is 0.0895. The highest BCUT2D eigenvalue weighted by atomic mass is 19.1. The van der Waals surface area contributed by atoms with E-state index in [1.807, 2.05) is 13.8 Å². The van der Waals surface area contributed by atoms with Crippen LogP contribution in [0.25, 0.3) is 16.9 Å². The summed E-state index contributed by atoms with van der Waals surface area (Å²) in [4.78, 5) is 8.87. The zero-order valence-electron chi connectivity index (χ0n) is 14.1. The van der Waals surface area contributed by atoms with E-state index < -0.39 is 0 Å². The van der Waals surface area contributed by atoms with Crippen molar-refractivity contribution < 1.29 is 9.13 Å². The standard InChI is InChI=1S/C17H16FN7O/c1-10(2)26-15-14(11-7-20-21-8-11)19-9-25-16(15)23-17(24-25)22-13-6-4-3-5-12(13)18/h3-10H,1-2H3,(H,20,21)(H,22,24). The largest absolute Gasteiger partial charge is 0.485 e. The number of halogens is 1. The van der Waals surface area contributed by atoms with Crippen molar-refractivity contribution in [1.29, 1.82) is 0 Å². The van der Waals surface area contributed by atoms with E-state index in [1.54, 1.807) is 30.6 Å². The first kappa shape index (κ1) is 16.0. The molecule has 2 N–H and O–H groups in total. The summed E-state index contributed by atoms with van der Waals surface area (Å²) in [5.41, 5.74) is 2.14. The number of para-hydroxylation sites is 1. The maximum Gasteiger partial charge on any atom is 0.247 e. The van der Waals surface area contributed by atoms with Crippen LogP contribution in [-0.4, -0.2) is 35.9 Å². The van der Waals surface area contributed by atoms with Gasteiger partial charge in [0.25, 0.3) is 0 Å². The summed E-state index contributed by atoms with van der Waals surface area (Å²) in [6.45, 7) is 3.83. The molecule has 3 heterocycles. The van der Waals surface area contributed by atoms with Gasteiger partial charge in [0, 0.05) is 11.8 Å². The normalized spacial score (nSPS) is 11.2. The molecule has 1 aromatic carbocycles. The summed E-state index contributed by atoms with van der Waals surface area (Å²) in [6.07, 6.45) is 4.82. The molecule has 26 heavy (non-hydrogen) atoms. The molecule has 0 bridgehead atoms. The lowest BCUT2D eigenvalue weighted by Crippen LogP contribution is -2.09. The highest BCUT2D eigenvalue weighted by Crippen LogP contribution is 2.32. The first-order valence-electron chi connectivity index (χ1n) is 8.04. The number of fused-ring (bicyclic) bond motifs is 1. The molecule has 0 unspecified atom stereocenters. The molecule has 8 nitrogen and oxygen atoms in total. The molecule has 0 fully saturated rings. The van der Waals surface area contributed by atoms with Crippen molar-refractivity contribution in [2.24, 2.45) is 0 Å². The third-order valence-electron chi connectivity index (χ3n) is 3.59. The van der Waals surface area contributed by atoms with Crippen LogP contribution in [0.1, 0.15) is 13.8 Å². The molecule has 0 radical (unpaired) electrons. The summed E-state index contributed by atoms with van der Waals surface area (Å²) in [6, 6.07) is 6.33. The first-order chi connectivity index (χ1) is 12.6. The number of ether oxygens (including phenoxy) is 1. The van der Waals surface area contributed by atoms with E-state index in [9.17, 15) is 4.39 Å². The fourth-order valence-electron chi connectivity index (χ4n) is 2.50. The van der Waals surface area contributed by atoms with Crippen LogP contribution in [0, 0.1) is 5.82 Å². The molecule has 0 aliphatic rings. The SMILES string of the molecule is CC(C)Oc1c(-c2cn[nH]c2)ncn2nc(Nc3ccccc3F)nc12. The number of anilines is 2. The summed E-state index contributed by atoms with van der Waals surface area (Å²) >= 11 is 0. The highest BCUT2D eigenvalue weighted by Gasteiger charge is 2.19. The molecule has 132 valence electrons. The molecule has 4 aromatic rings. The molecule has 0 atom stereocenters. The monoisotopic (exact) mass is 353 g/mol. The average molecular weight is 353 g/mol. The van der Waals surface area contributed by atoms with E-state index in [-0.39, 0.29) is 23.6 Å². The number of hydrogen-bond acceptors (Lipinski definition) is 6. The maximum atomic E-state index is 13.9. The number of aromatic nitrogens is 6. The number of H-pyrrole nitrogens is 1. The van der Waals surface area contributed by atoms with Gasteiger partial charge in [-0.15, -0.1) is 5.10 Å².